The van der Waals surface area contributed by atoms with Crippen LogP contribution in [0.4, 0.5) is 18.9 Å². The van der Waals surface area contributed by atoms with Gasteiger partial charge in [-0.05, 0) is 95.1 Å². The monoisotopic (exact) mass is 747 g/mol. The molecule has 2 aliphatic carbocycles. The minimum Gasteiger partial charge on any atom is -0.497 e. The third kappa shape index (κ3) is 5.64. The Morgan fingerprint density at radius 3 is 1.96 bits per heavy atom. The van der Waals surface area contributed by atoms with Crippen molar-refractivity contribution in [1.82, 2.24) is 0 Å². The van der Waals surface area contributed by atoms with Gasteiger partial charge in [-0.3, -0.25) is 0 Å². The smallest absolute Gasteiger partial charge is 0.416 e. The van der Waals surface area contributed by atoms with Crippen LogP contribution in [-0.2, 0) is 21.9 Å². The van der Waals surface area contributed by atoms with Crippen molar-refractivity contribution in [2.24, 2.45) is 0 Å². The van der Waals surface area contributed by atoms with Crippen LogP contribution in [0.2, 0.25) is 0 Å². The summed E-state index contributed by atoms with van der Waals surface area (Å²) < 4.78 is 73.8. The number of anilines is 1. The Balaban J connectivity index is 1.33. The standard InChI is InChI=1S/C46H44F3NO5/c1-51-33-15-10-30(11-16-33)45(29-8-13-32(14-9-29)50-22-24-54-25-23-50)21-18-35-42-41(36-27-39(52-2)40(53-3)28-37(36)43(35)55-45)34-17-12-31(46(47,48)49)26-38(34)44(42)19-6-4-5-7-20-44/h8-18,21,26-28H,4-7,19-20,22-25H2,1-3H3. The Morgan fingerprint density at radius 2 is 1.35 bits per heavy atom. The maximum Gasteiger partial charge on any atom is 0.416 e. The maximum absolute atomic E-state index is 14.4. The molecule has 2 fully saturated rings. The van der Waals surface area contributed by atoms with Gasteiger partial charge < -0.3 is 28.6 Å². The molecule has 2 heterocycles. The Labute approximate surface area is 319 Å². The van der Waals surface area contributed by atoms with Crippen molar-refractivity contribution in [2.45, 2.75) is 55.7 Å². The maximum atomic E-state index is 14.4. The number of nitrogens with zero attached hydrogens (tertiary/aromatic N) is 1. The molecule has 284 valence electrons. The van der Waals surface area contributed by atoms with Gasteiger partial charge in [0.1, 0.15) is 11.5 Å². The van der Waals surface area contributed by atoms with Crippen molar-refractivity contribution in [2.75, 3.05) is 52.5 Å². The van der Waals surface area contributed by atoms with Gasteiger partial charge in [0.25, 0.3) is 0 Å². The van der Waals surface area contributed by atoms with Crippen LogP contribution in [-0.4, -0.2) is 47.6 Å². The summed E-state index contributed by atoms with van der Waals surface area (Å²) in [7, 11) is 4.86. The molecule has 0 radical (unpaired) electrons. The largest absolute Gasteiger partial charge is 0.497 e. The van der Waals surface area contributed by atoms with Crippen LogP contribution in [0.3, 0.4) is 0 Å². The molecule has 0 bridgehead atoms. The fourth-order valence-electron chi connectivity index (χ4n) is 9.62. The van der Waals surface area contributed by atoms with Gasteiger partial charge in [0.05, 0.1) is 40.1 Å². The fraction of sp³-hybridized carbons (Fsp3) is 0.348. The van der Waals surface area contributed by atoms with Gasteiger partial charge in [0.2, 0.25) is 0 Å². The normalized spacial score (nSPS) is 20.0. The fourth-order valence-corrected chi connectivity index (χ4v) is 9.62. The predicted octanol–water partition coefficient (Wildman–Crippen LogP) is 10.7. The highest BCUT2D eigenvalue weighted by molar-refractivity contribution is 6.09. The highest BCUT2D eigenvalue weighted by Gasteiger charge is 2.49. The Kier molecular flexibility index (Phi) is 8.76. The molecule has 2 aliphatic heterocycles. The van der Waals surface area contributed by atoms with E-state index in [-0.39, 0.29) is 0 Å². The van der Waals surface area contributed by atoms with Crippen molar-refractivity contribution in [3.8, 4) is 34.1 Å². The van der Waals surface area contributed by atoms with E-state index in [1.807, 2.05) is 36.4 Å². The summed E-state index contributed by atoms with van der Waals surface area (Å²) in [4.78, 5) is 2.32. The van der Waals surface area contributed by atoms with Crippen LogP contribution in [0, 0.1) is 0 Å². The summed E-state index contributed by atoms with van der Waals surface area (Å²) in [6.45, 7) is 3.02. The lowest BCUT2D eigenvalue weighted by atomic mass is 9.69. The number of benzene rings is 5. The second kappa shape index (κ2) is 13.6. The molecule has 4 aliphatic rings. The molecule has 55 heavy (non-hydrogen) atoms. The minimum atomic E-state index is -4.47. The third-order valence-electron chi connectivity index (χ3n) is 12.3. The van der Waals surface area contributed by atoms with Crippen LogP contribution in [0.15, 0.2) is 84.9 Å². The lowest BCUT2D eigenvalue weighted by Gasteiger charge is -2.40. The predicted molar refractivity (Wildman–Crippen MR) is 209 cm³/mol. The number of rotatable bonds is 6. The third-order valence-corrected chi connectivity index (χ3v) is 12.3. The summed E-state index contributed by atoms with van der Waals surface area (Å²) in [6.07, 6.45) is 5.25. The molecule has 9 heteroatoms. The number of fused-ring (bicyclic) bond motifs is 10. The number of ether oxygens (including phenoxy) is 5. The summed E-state index contributed by atoms with van der Waals surface area (Å²) in [5.74, 6) is 2.47. The van der Waals surface area contributed by atoms with E-state index in [1.54, 1.807) is 27.4 Å². The first-order valence-corrected chi connectivity index (χ1v) is 19.1. The second-order valence-corrected chi connectivity index (χ2v) is 15.0. The van der Waals surface area contributed by atoms with E-state index in [9.17, 15) is 13.2 Å². The topological polar surface area (TPSA) is 49.4 Å². The molecule has 1 saturated carbocycles. The molecule has 5 aromatic carbocycles. The molecule has 9 rings (SSSR count). The first kappa shape index (κ1) is 35.5. The number of methoxy groups -OCH3 is 3. The van der Waals surface area contributed by atoms with Gasteiger partial charge in [-0.2, -0.15) is 13.2 Å². The average Bonchev–Trinajstić information content (AvgIpc) is 3.32. The van der Waals surface area contributed by atoms with Gasteiger partial charge >= 0.3 is 6.18 Å². The molecular formula is C46H44F3NO5. The molecule has 5 aromatic rings. The molecule has 1 atom stereocenters. The second-order valence-electron chi connectivity index (χ2n) is 15.0. The number of hydrogen-bond donors (Lipinski definition) is 0. The van der Waals surface area contributed by atoms with Gasteiger partial charge in [-0.15, -0.1) is 0 Å². The summed E-state index contributed by atoms with van der Waals surface area (Å²) in [5.41, 5.74) is 5.14. The lowest BCUT2D eigenvalue weighted by Crippen LogP contribution is -2.37. The molecule has 1 spiro atoms. The first-order chi connectivity index (χ1) is 26.7. The van der Waals surface area contributed by atoms with E-state index in [0.717, 1.165) is 113 Å². The zero-order chi connectivity index (χ0) is 38.0. The van der Waals surface area contributed by atoms with E-state index < -0.39 is 22.8 Å². The van der Waals surface area contributed by atoms with Crippen molar-refractivity contribution >= 4 is 22.5 Å². The molecule has 6 nitrogen and oxygen atoms in total. The molecule has 0 aromatic heterocycles. The average molecular weight is 748 g/mol. The summed E-state index contributed by atoms with van der Waals surface area (Å²) in [5, 5.41) is 1.66. The van der Waals surface area contributed by atoms with Gasteiger partial charge in [0.15, 0.2) is 17.1 Å². The van der Waals surface area contributed by atoms with Crippen LogP contribution in [0.25, 0.3) is 28.0 Å². The number of halogens is 3. The molecule has 1 saturated heterocycles. The zero-order valence-electron chi connectivity index (χ0n) is 31.4. The Hall–Kier alpha value is -5.15. The van der Waals surface area contributed by atoms with E-state index in [1.165, 1.54) is 12.1 Å². The summed E-state index contributed by atoms with van der Waals surface area (Å²) >= 11 is 0. The quantitative estimate of drug-likeness (QED) is 0.172. The number of hydrogen-bond acceptors (Lipinski definition) is 6. The Bertz CT molecular complexity index is 2290. The van der Waals surface area contributed by atoms with Crippen LogP contribution >= 0.6 is 0 Å². The first-order valence-electron chi connectivity index (χ1n) is 19.1. The highest BCUT2D eigenvalue weighted by atomic mass is 19.4. The molecule has 1 unspecified atom stereocenters. The number of morpholine rings is 1. The van der Waals surface area contributed by atoms with Gasteiger partial charge in [-0.1, -0.05) is 62.1 Å². The van der Waals surface area contributed by atoms with Crippen LogP contribution in [0.1, 0.15) is 71.9 Å². The van der Waals surface area contributed by atoms with E-state index in [4.69, 9.17) is 23.7 Å². The van der Waals surface area contributed by atoms with Crippen LogP contribution < -0.4 is 23.8 Å². The van der Waals surface area contributed by atoms with Crippen molar-refractivity contribution in [1.29, 1.82) is 0 Å². The van der Waals surface area contributed by atoms with Gasteiger partial charge in [-0.25, -0.2) is 0 Å². The number of alkyl halides is 3. The van der Waals surface area contributed by atoms with Crippen LogP contribution in [0.5, 0.6) is 23.0 Å². The van der Waals surface area contributed by atoms with E-state index in [0.29, 0.717) is 30.5 Å². The Morgan fingerprint density at radius 1 is 0.709 bits per heavy atom. The van der Waals surface area contributed by atoms with E-state index in [2.05, 4.69) is 41.3 Å². The van der Waals surface area contributed by atoms with E-state index >= 15 is 0 Å². The zero-order valence-corrected chi connectivity index (χ0v) is 31.4. The lowest BCUT2D eigenvalue weighted by molar-refractivity contribution is -0.137. The minimum absolute atomic E-state index is 0.537. The van der Waals surface area contributed by atoms with Crippen molar-refractivity contribution < 1.29 is 36.9 Å². The van der Waals surface area contributed by atoms with Gasteiger partial charge in [0, 0.05) is 46.3 Å². The molecular weight excluding hydrogens is 704 g/mol. The van der Waals surface area contributed by atoms with Crippen molar-refractivity contribution in [3.05, 3.63) is 118 Å². The van der Waals surface area contributed by atoms with Crippen molar-refractivity contribution in [3.63, 3.8) is 0 Å². The highest BCUT2D eigenvalue weighted by Crippen LogP contribution is 2.63. The summed E-state index contributed by atoms with van der Waals surface area (Å²) in [6, 6.07) is 24.7. The molecule has 0 amide bonds. The molecule has 0 N–H and O–H groups in total. The SMILES string of the molecule is COc1ccc(C2(c3ccc(N4CCOCC4)cc3)C=Cc3c4c(c5cc(OC)c(OC)cc5c3O2)-c2ccc(C(F)(F)F)cc2C42CCCCCC2)cc1.